The van der Waals surface area contributed by atoms with E-state index in [2.05, 4.69) is 15.3 Å². The summed E-state index contributed by atoms with van der Waals surface area (Å²) in [5, 5.41) is 12.0. The average Bonchev–Trinajstić information content (AvgIpc) is 3.08. The fourth-order valence-electron chi connectivity index (χ4n) is 3.35. The largest absolute Gasteiger partial charge is 0.471 e. The molecule has 8 nitrogen and oxygen atoms in total. The van der Waals surface area contributed by atoms with Gasteiger partial charge in [-0.1, -0.05) is 11.6 Å². The van der Waals surface area contributed by atoms with Crippen LogP contribution in [-0.4, -0.2) is 57.5 Å². The number of amides is 2. The van der Waals surface area contributed by atoms with Crippen molar-refractivity contribution in [3.63, 3.8) is 0 Å². The van der Waals surface area contributed by atoms with Gasteiger partial charge in [0.05, 0.1) is 24.3 Å². The van der Waals surface area contributed by atoms with Crippen LogP contribution < -0.4 is 10.1 Å². The van der Waals surface area contributed by atoms with E-state index < -0.39 is 25.2 Å². The fraction of sp³-hybridized carbons (Fsp3) is 0.429. The minimum atomic E-state index is -2.65. The molecule has 2 aromatic rings. The van der Waals surface area contributed by atoms with Gasteiger partial charge in [0, 0.05) is 36.6 Å². The van der Waals surface area contributed by atoms with Crippen molar-refractivity contribution in [1.82, 2.24) is 20.2 Å². The molecule has 11 heteroatoms. The summed E-state index contributed by atoms with van der Waals surface area (Å²) >= 11 is 6.12. The van der Waals surface area contributed by atoms with E-state index in [1.807, 2.05) is 0 Å². The van der Waals surface area contributed by atoms with Gasteiger partial charge < -0.3 is 20.1 Å². The zero-order valence-corrected chi connectivity index (χ0v) is 18.3. The van der Waals surface area contributed by atoms with Gasteiger partial charge in [-0.3, -0.25) is 14.6 Å². The highest BCUT2D eigenvalue weighted by Crippen LogP contribution is 2.34. The highest BCUT2D eigenvalue weighted by atomic mass is 35.5. The number of nitrogens with zero attached hydrogens (tertiary/aromatic N) is 3. The SMILES string of the molecule is CC(c1cnc(OCC(F)F)c(Cl)c1)N1Cc2c(ccnc2CC(=O)NC[C@@H](C)O)C1=O. The Hall–Kier alpha value is -2.85. The maximum Gasteiger partial charge on any atom is 0.272 e. The molecule has 0 bridgehead atoms. The number of carbonyl (C=O) groups is 2. The van der Waals surface area contributed by atoms with E-state index in [1.54, 1.807) is 24.8 Å². The third-order valence-corrected chi connectivity index (χ3v) is 5.28. The van der Waals surface area contributed by atoms with Crippen LogP contribution in [0.15, 0.2) is 24.5 Å². The summed E-state index contributed by atoms with van der Waals surface area (Å²) in [5.41, 5.74) is 2.21. The topological polar surface area (TPSA) is 105 Å². The van der Waals surface area contributed by atoms with Crippen LogP contribution in [0.3, 0.4) is 0 Å². The zero-order valence-electron chi connectivity index (χ0n) is 17.5. The van der Waals surface area contributed by atoms with Gasteiger partial charge in [-0.05, 0) is 31.5 Å². The number of aliphatic hydroxyl groups excluding tert-OH is 1. The molecule has 2 atom stereocenters. The molecule has 0 radical (unpaired) electrons. The number of halogens is 3. The molecule has 2 aromatic heterocycles. The Labute approximate surface area is 188 Å². The predicted molar refractivity (Wildman–Crippen MR) is 112 cm³/mol. The van der Waals surface area contributed by atoms with Crippen molar-refractivity contribution >= 4 is 23.4 Å². The second kappa shape index (κ2) is 10.2. The standard InChI is InChI=1S/C21H23ClF2N4O4/c1-11(29)7-26-19(30)6-17-15-9-28(21(31)14(15)3-4-25-17)12(2)13-5-16(22)20(27-8-13)32-10-18(23)24/h3-5,8,11-12,18,29H,6-7,9-10H2,1-2H3,(H,26,30)/t11-,12?/m1/s1. The number of hydrogen-bond acceptors (Lipinski definition) is 6. The Morgan fingerprint density at radius 3 is 2.78 bits per heavy atom. The van der Waals surface area contributed by atoms with Gasteiger partial charge in [0.1, 0.15) is 5.02 Å². The lowest BCUT2D eigenvalue weighted by atomic mass is 10.1. The summed E-state index contributed by atoms with van der Waals surface area (Å²) in [7, 11) is 0. The summed E-state index contributed by atoms with van der Waals surface area (Å²) < 4.78 is 29.6. The Balaban J connectivity index is 1.75. The number of ether oxygens (including phenoxy) is 1. The molecule has 1 aliphatic heterocycles. The number of aliphatic hydroxyl groups is 1. The highest BCUT2D eigenvalue weighted by molar-refractivity contribution is 6.31. The number of hydrogen-bond donors (Lipinski definition) is 2. The van der Waals surface area contributed by atoms with Crippen LogP contribution in [0.25, 0.3) is 0 Å². The summed E-state index contributed by atoms with van der Waals surface area (Å²) in [6, 6.07) is 2.70. The minimum absolute atomic E-state index is 0.0189. The number of rotatable bonds is 9. The maximum absolute atomic E-state index is 13.0. The third-order valence-electron chi connectivity index (χ3n) is 5.01. The highest BCUT2D eigenvalue weighted by Gasteiger charge is 2.34. The number of aromatic nitrogens is 2. The van der Waals surface area contributed by atoms with Crippen LogP contribution in [-0.2, 0) is 17.8 Å². The first-order valence-electron chi connectivity index (χ1n) is 9.96. The van der Waals surface area contributed by atoms with Crippen molar-refractivity contribution in [3.8, 4) is 5.88 Å². The Morgan fingerprint density at radius 1 is 1.38 bits per heavy atom. The van der Waals surface area contributed by atoms with Gasteiger partial charge in [-0.2, -0.15) is 0 Å². The quantitative estimate of drug-likeness (QED) is 0.586. The van der Waals surface area contributed by atoms with Crippen LogP contribution in [0.4, 0.5) is 8.78 Å². The molecule has 2 N–H and O–H groups in total. The molecule has 1 unspecified atom stereocenters. The summed E-state index contributed by atoms with van der Waals surface area (Å²) in [6.07, 6.45) is -0.427. The first kappa shape index (κ1) is 23.8. The molecule has 172 valence electrons. The lowest BCUT2D eigenvalue weighted by molar-refractivity contribution is -0.120. The van der Waals surface area contributed by atoms with Crippen molar-refractivity contribution in [1.29, 1.82) is 0 Å². The summed E-state index contributed by atoms with van der Waals surface area (Å²) in [6.45, 7) is 2.90. The van der Waals surface area contributed by atoms with Crippen LogP contribution in [0, 0.1) is 0 Å². The number of nitrogens with one attached hydrogen (secondary N) is 1. The number of pyridine rings is 2. The second-order valence-electron chi connectivity index (χ2n) is 7.48. The Morgan fingerprint density at radius 2 is 2.12 bits per heavy atom. The smallest absolute Gasteiger partial charge is 0.272 e. The maximum atomic E-state index is 13.0. The molecule has 0 saturated carbocycles. The monoisotopic (exact) mass is 468 g/mol. The number of carbonyl (C=O) groups excluding carboxylic acids is 2. The number of fused-ring (bicyclic) bond motifs is 1. The first-order valence-corrected chi connectivity index (χ1v) is 10.3. The molecule has 0 saturated heterocycles. The molecular formula is C21H23ClF2N4O4. The van der Waals surface area contributed by atoms with Gasteiger partial charge in [-0.25, -0.2) is 13.8 Å². The second-order valence-corrected chi connectivity index (χ2v) is 7.89. The van der Waals surface area contributed by atoms with Crippen molar-refractivity contribution in [3.05, 3.63) is 51.9 Å². The van der Waals surface area contributed by atoms with Crippen molar-refractivity contribution in [2.75, 3.05) is 13.2 Å². The molecule has 1 aliphatic rings. The predicted octanol–water partition coefficient (Wildman–Crippen LogP) is 2.53. The molecule has 32 heavy (non-hydrogen) atoms. The van der Waals surface area contributed by atoms with E-state index in [-0.39, 0.29) is 42.2 Å². The first-order chi connectivity index (χ1) is 15.2. The van der Waals surface area contributed by atoms with Crippen molar-refractivity contribution < 1.29 is 28.2 Å². The van der Waals surface area contributed by atoms with Crippen LogP contribution in [0.1, 0.15) is 47.1 Å². The molecule has 2 amide bonds. The fourth-order valence-corrected chi connectivity index (χ4v) is 3.58. The van der Waals surface area contributed by atoms with Crippen LogP contribution in [0.5, 0.6) is 5.88 Å². The molecule has 0 fully saturated rings. The molecule has 3 rings (SSSR count). The molecule has 3 heterocycles. The average molecular weight is 469 g/mol. The summed E-state index contributed by atoms with van der Waals surface area (Å²) in [4.78, 5) is 35.0. The van der Waals surface area contributed by atoms with E-state index >= 15 is 0 Å². The minimum Gasteiger partial charge on any atom is -0.471 e. The van der Waals surface area contributed by atoms with Gasteiger partial charge in [0.2, 0.25) is 11.8 Å². The van der Waals surface area contributed by atoms with Gasteiger partial charge >= 0.3 is 0 Å². The molecule has 0 aliphatic carbocycles. The van der Waals surface area contributed by atoms with Crippen molar-refractivity contribution in [2.45, 2.75) is 45.4 Å². The van der Waals surface area contributed by atoms with E-state index in [9.17, 15) is 23.5 Å². The van der Waals surface area contributed by atoms with Gasteiger partial charge in [0.15, 0.2) is 6.61 Å². The van der Waals surface area contributed by atoms with Gasteiger partial charge in [0.25, 0.3) is 12.3 Å². The number of alkyl halides is 2. The van der Waals surface area contributed by atoms with Crippen molar-refractivity contribution in [2.24, 2.45) is 0 Å². The summed E-state index contributed by atoms with van der Waals surface area (Å²) in [5.74, 6) is -0.635. The zero-order chi connectivity index (χ0) is 23.4. The van der Waals surface area contributed by atoms with Gasteiger partial charge in [-0.15, -0.1) is 0 Å². The van der Waals surface area contributed by atoms with E-state index in [4.69, 9.17) is 16.3 Å². The van der Waals surface area contributed by atoms with E-state index in [1.165, 1.54) is 18.5 Å². The molecular weight excluding hydrogens is 446 g/mol. The van der Waals surface area contributed by atoms with Crippen LogP contribution >= 0.6 is 11.6 Å². The normalized spacial score (nSPS) is 15.0. The van der Waals surface area contributed by atoms with E-state index in [0.29, 0.717) is 22.4 Å². The third kappa shape index (κ3) is 5.49. The lowest BCUT2D eigenvalue weighted by Crippen LogP contribution is -2.32. The van der Waals surface area contributed by atoms with Crippen LogP contribution in [0.2, 0.25) is 5.02 Å². The Bertz CT molecular complexity index is 1010. The lowest BCUT2D eigenvalue weighted by Gasteiger charge is -2.25. The Kier molecular flexibility index (Phi) is 7.57. The molecule has 0 aromatic carbocycles. The van der Waals surface area contributed by atoms with E-state index in [0.717, 1.165) is 0 Å². The molecule has 0 spiro atoms.